The van der Waals surface area contributed by atoms with Crippen LogP contribution in [0.2, 0.25) is 0 Å². The number of benzene rings is 1. The van der Waals surface area contributed by atoms with E-state index in [1.165, 1.54) is 18.4 Å². The summed E-state index contributed by atoms with van der Waals surface area (Å²) in [6.07, 6.45) is -7.07. The van der Waals surface area contributed by atoms with Gasteiger partial charge in [-0.1, -0.05) is 11.8 Å². The van der Waals surface area contributed by atoms with Crippen molar-refractivity contribution in [3.05, 3.63) is 46.2 Å². The van der Waals surface area contributed by atoms with Gasteiger partial charge >= 0.3 is 12.1 Å². The van der Waals surface area contributed by atoms with E-state index < -0.39 is 36.5 Å². The van der Waals surface area contributed by atoms with Crippen LogP contribution in [0, 0.1) is 6.92 Å². The largest absolute Gasteiger partial charge is 0.493 e. The van der Waals surface area contributed by atoms with Gasteiger partial charge in [0.1, 0.15) is 11.6 Å². The first kappa shape index (κ1) is 31.4. The van der Waals surface area contributed by atoms with Gasteiger partial charge in [0.2, 0.25) is 11.6 Å². The third-order valence-corrected chi connectivity index (χ3v) is 7.21. The van der Waals surface area contributed by atoms with E-state index in [0.717, 1.165) is 22.7 Å². The predicted octanol–water partition coefficient (Wildman–Crippen LogP) is 5.02. The first-order valence-corrected chi connectivity index (χ1v) is 13.4. The highest BCUT2D eigenvalue weighted by molar-refractivity contribution is 7.98. The van der Waals surface area contributed by atoms with Gasteiger partial charge in [0.15, 0.2) is 16.7 Å². The number of aliphatic hydroxyl groups excluding tert-OH is 1. The number of Topliss-reactive ketones (excluding diaryl/α,β-unsaturated/α-hetero) is 2. The lowest BCUT2D eigenvalue weighted by molar-refractivity contribution is -0.170. The highest BCUT2D eigenvalue weighted by atomic mass is 32.2. The number of aliphatic hydroxyl groups is 1. The molecule has 0 atom stereocenters. The van der Waals surface area contributed by atoms with Crippen molar-refractivity contribution in [1.29, 1.82) is 0 Å². The third-order valence-electron chi connectivity index (χ3n) is 5.29. The van der Waals surface area contributed by atoms with E-state index in [9.17, 15) is 31.5 Å². The Bertz CT molecular complexity index is 1330. The Morgan fingerprint density at radius 2 is 1.65 bits per heavy atom. The zero-order valence-corrected chi connectivity index (χ0v) is 23.1. The monoisotopic (exact) mass is 605 g/mol. The SMILES string of the molecule is COc1ccc(-c2nc(CSc3nc(CC(=O)C(C)(F)F)cc(CC(=O)C(F)(F)F)n3)c(C)s2)cc1OCCO. The summed E-state index contributed by atoms with van der Waals surface area (Å²) >= 11 is 2.34. The Morgan fingerprint density at radius 1 is 1.00 bits per heavy atom. The van der Waals surface area contributed by atoms with E-state index >= 15 is 0 Å². The maximum atomic E-state index is 13.4. The summed E-state index contributed by atoms with van der Waals surface area (Å²) in [6, 6.07) is 6.12. The number of halogens is 5. The fraction of sp³-hybridized carbons (Fsp3) is 0.400. The molecule has 3 aromatic rings. The number of thiazole rings is 1. The van der Waals surface area contributed by atoms with Crippen molar-refractivity contribution in [3.63, 3.8) is 0 Å². The second-order valence-corrected chi connectivity index (χ2v) is 10.6. The molecule has 1 N–H and O–H groups in total. The Kier molecular flexibility index (Phi) is 10.2. The molecule has 216 valence electrons. The van der Waals surface area contributed by atoms with Crippen LogP contribution < -0.4 is 9.47 Å². The van der Waals surface area contributed by atoms with Crippen LogP contribution in [-0.2, 0) is 28.2 Å². The van der Waals surface area contributed by atoms with E-state index in [2.05, 4.69) is 15.0 Å². The second kappa shape index (κ2) is 13.0. The minimum absolute atomic E-state index is 0.0652. The standard InChI is InChI=1S/C25H24F5N3O5S2/c1-13-17(33-22(40-13)14-4-5-18(37-3)19(8-14)38-7-6-34)12-39-23-31-15(10-20(35)24(2,26)27)9-16(32-23)11-21(36)25(28,29)30/h4-5,8-9,34H,6-7,10-12H2,1-3H3. The highest BCUT2D eigenvalue weighted by Crippen LogP contribution is 2.36. The summed E-state index contributed by atoms with van der Waals surface area (Å²) in [4.78, 5) is 36.8. The quantitative estimate of drug-likeness (QED) is 0.163. The average Bonchev–Trinajstić information content (AvgIpc) is 3.25. The molecule has 0 radical (unpaired) electrons. The first-order valence-electron chi connectivity index (χ1n) is 11.6. The Hall–Kier alpha value is -3.17. The maximum absolute atomic E-state index is 13.4. The van der Waals surface area contributed by atoms with Crippen LogP contribution in [-0.4, -0.2) is 64.0 Å². The van der Waals surface area contributed by atoms with E-state index in [-0.39, 0.29) is 35.5 Å². The number of ether oxygens (including phenoxy) is 2. The highest BCUT2D eigenvalue weighted by Gasteiger charge is 2.38. The molecule has 0 aliphatic heterocycles. The van der Waals surface area contributed by atoms with Gasteiger partial charge in [-0.25, -0.2) is 15.0 Å². The molecule has 0 aliphatic carbocycles. The molecule has 8 nitrogen and oxygen atoms in total. The van der Waals surface area contributed by atoms with E-state index in [4.69, 9.17) is 14.6 Å². The van der Waals surface area contributed by atoms with Crippen molar-refractivity contribution >= 4 is 34.7 Å². The molecule has 0 unspecified atom stereocenters. The number of thioether (sulfide) groups is 1. The number of aryl methyl sites for hydroxylation is 1. The topological polar surface area (TPSA) is 112 Å². The zero-order chi connectivity index (χ0) is 29.7. The van der Waals surface area contributed by atoms with Crippen molar-refractivity contribution in [2.75, 3.05) is 20.3 Å². The van der Waals surface area contributed by atoms with Gasteiger partial charge in [0.25, 0.3) is 0 Å². The van der Waals surface area contributed by atoms with Crippen molar-refractivity contribution in [1.82, 2.24) is 15.0 Å². The first-order chi connectivity index (χ1) is 18.7. The van der Waals surface area contributed by atoms with Gasteiger partial charge in [0, 0.05) is 23.1 Å². The van der Waals surface area contributed by atoms with Crippen LogP contribution in [0.3, 0.4) is 0 Å². The summed E-state index contributed by atoms with van der Waals surface area (Å²) in [6.45, 7) is 2.11. The Labute approximate surface area is 234 Å². The van der Waals surface area contributed by atoms with Gasteiger partial charge in [-0.15, -0.1) is 11.3 Å². The van der Waals surface area contributed by atoms with Crippen molar-refractivity contribution in [2.24, 2.45) is 0 Å². The predicted molar refractivity (Wildman–Crippen MR) is 137 cm³/mol. The molecule has 0 amide bonds. The lowest BCUT2D eigenvalue weighted by atomic mass is 10.1. The lowest BCUT2D eigenvalue weighted by Gasteiger charge is -2.11. The minimum atomic E-state index is -5.11. The Morgan fingerprint density at radius 3 is 2.23 bits per heavy atom. The molecule has 0 spiro atoms. The normalized spacial score (nSPS) is 11.9. The molecule has 0 fully saturated rings. The van der Waals surface area contributed by atoms with Gasteiger partial charge in [-0.05, 0) is 31.2 Å². The molecule has 2 aromatic heterocycles. The molecular formula is C25H24F5N3O5S2. The Balaban J connectivity index is 1.85. The van der Waals surface area contributed by atoms with Crippen LogP contribution >= 0.6 is 23.1 Å². The molecule has 1 aromatic carbocycles. The van der Waals surface area contributed by atoms with E-state index in [1.54, 1.807) is 18.2 Å². The fourth-order valence-corrected chi connectivity index (χ4v) is 5.18. The summed E-state index contributed by atoms with van der Waals surface area (Å²) in [5, 5.41) is 9.60. The number of rotatable bonds is 13. The number of methoxy groups -OCH3 is 1. The van der Waals surface area contributed by atoms with Crippen molar-refractivity contribution in [3.8, 4) is 22.1 Å². The lowest BCUT2D eigenvalue weighted by Crippen LogP contribution is -2.27. The van der Waals surface area contributed by atoms with E-state index in [1.807, 2.05) is 6.92 Å². The van der Waals surface area contributed by atoms with Crippen LogP contribution in [0.5, 0.6) is 11.5 Å². The number of alkyl halides is 5. The molecule has 0 aliphatic rings. The molecule has 15 heteroatoms. The van der Waals surface area contributed by atoms with Gasteiger partial charge in [-0.2, -0.15) is 22.0 Å². The molecule has 40 heavy (non-hydrogen) atoms. The molecule has 0 saturated carbocycles. The smallest absolute Gasteiger partial charge is 0.450 e. The summed E-state index contributed by atoms with van der Waals surface area (Å²) < 4.78 is 76.0. The maximum Gasteiger partial charge on any atom is 0.450 e. The number of ketones is 2. The number of hydrogen-bond acceptors (Lipinski definition) is 10. The van der Waals surface area contributed by atoms with Gasteiger partial charge in [-0.3, -0.25) is 9.59 Å². The van der Waals surface area contributed by atoms with Gasteiger partial charge < -0.3 is 14.6 Å². The number of carbonyl (C=O) groups excluding carboxylic acids is 2. The van der Waals surface area contributed by atoms with Crippen LogP contribution in [0.4, 0.5) is 22.0 Å². The number of carbonyl (C=O) groups is 2. The number of aromatic nitrogens is 3. The van der Waals surface area contributed by atoms with Crippen LogP contribution in [0.15, 0.2) is 29.4 Å². The van der Waals surface area contributed by atoms with Crippen LogP contribution in [0.1, 0.15) is 28.9 Å². The molecule has 0 saturated heterocycles. The third kappa shape index (κ3) is 8.41. The minimum Gasteiger partial charge on any atom is -0.493 e. The van der Waals surface area contributed by atoms with Crippen LogP contribution in [0.25, 0.3) is 10.6 Å². The number of hydrogen-bond donors (Lipinski definition) is 1. The molecular weight excluding hydrogens is 581 g/mol. The number of nitrogens with zero attached hydrogens (tertiary/aromatic N) is 3. The van der Waals surface area contributed by atoms with E-state index in [0.29, 0.717) is 34.7 Å². The molecule has 0 bridgehead atoms. The zero-order valence-electron chi connectivity index (χ0n) is 21.5. The van der Waals surface area contributed by atoms with Crippen molar-refractivity contribution in [2.45, 2.75) is 49.7 Å². The fourth-order valence-electron chi connectivity index (χ4n) is 3.25. The molecule has 3 rings (SSSR count). The summed E-state index contributed by atoms with van der Waals surface area (Å²) in [5.74, 6) is -6.16. The molecule has 2 heterocycles. The van der Waals surface area contributed by atoms with Gasteiger partial charge in [0.05, 0.1) is 43.6 Å². The summed E-state index contributed by atoms with van der Waals surface area (Å²) in [7, 11) is 1.48. The second-order valence-electron chi connectivity index (χ2n) is 8.47. The van der Waals surface area contributed by atoms with Crippen molar-refractivity contribution < 1.29 is 46.1 Å². The average molecular weight is 606 g/mol. The summed E-state index contributed by atoms with van der Waals surface area (Å²) in [5.41, 5.74) is 0.754.